The molecule has 5 nitrogen and oxygen atoms in total. The van der Waals surface area contributed by atoms with Crippen LogP contribution in [-0.2, 0) is 0 Å². The van der Waals surface area contributed by atoms with Crippen molar-refractivity contribution in [2.45, 2.75) is 6.04 Å². The SMILES string of the molecule is N=CN=C1c2ccccc2NC(c2ccc(O)cc2Cl)c2cc[nH]c21. The Morgan fingerprint density at radius 1 is 1.12 bits per heavy atom. The maximum absolute atomic E-state index is 9.66. The van der Waals surface area contributed by atoms with Gasteiger partial charge in [-0.3, -0.25) is 5.41 Å². The molecule has 1 atom stereocenters. The van der Waals surface area contributed by atoms with Crippen LogP contribution in [0.15, 0.2) is 59.7 Å². The highest BCUT2D eigenvalue weighted by Crippen LogP contribution is 2.38. The number of halogens is 1. The molecule has 0 saturated carbocycles. The summed E-state index contributed by atoms with van der Waals surface area (Å²) in [5.41, 5.74) is 5.19. The fourth-order valence-corrected chi connectivity index (χ4v) is 3.49. The highest BCUT2D eigenvalue weighted by atomic mass is 35.5. The van der Waals surface area contributed by atoms with Crippen LogP contribution < -0.4 is 5.32 Å². The highest BCUT2D eigenvalue weighted by molar-refractivity contribution is 6.31. The summed E-state index contributed by atoms with van der Waals surface area (Å²) < 4.78 is 0. The first kappa shape index (κ1) is 15.5. The van der Waals surface area contributed by atoms with Crippen molar-refractivity contribution in [1.29, 1.82) is 5.41 Å². The van der Waals surface area contributed by atoms with E-state index in [9.17, 15) is 5.11 Å². The fraction of sp³-hybridized carbons (Fsp3) is 0.0526. The fourth-order valence-electron chi connectivity index (χ4n) is 3.20. The number of H-pyrrole nitrogens is 1. The van der Waals surface area contributed by atoms with Gasteiger partial charge in [0, 0.05) is 28.0 Å². The molecule has 1 aliphatic heterocycles. The smallest absolute Gasteiger partial charge is 0.117 e. The molecule has 2 heterocycles. The highest BCUT2D eigenvalue weighted by Gasteiger charge is 2.28. The maximum atomic E-state index is 9.66. The molecule has 0 spiro atoms. The van der Waals surface area contributed by atoms with Crippen molar-refractivity contribution in [3.63, 3.8) is 0 Å². The topological polar surface area (TPSA) is 84.3 Å². The molecule has 0 bridgehead atoms. The van der Waals surface area contributed by atoms with E-state index in [2.05, 4.69) is 15.3 Å². The van der Waals surface area contributed by atoms with Gasteiger partial charge in [0.05, 0.1) is 17.4 Å². The summed E-state index contributed by atoms with van der Waals surface area (Å²) in [6.07, 6.45) is 2.89. The van der Waals surface area contributed by atoms with Crippen LogP contribution in [0.1, 0.15) is 28.4 Å². The van der Waals surface area contributed by atoms with Gasteiger partial charge in [-0.25, -0.2) is 4.99 Å². The van der Waals surface area contributed by atoms with Crippen molar-refractivity contribution in [2.24, 2.45) is 4.99 Å². The lowest BCUT2D eigenvalue weighted by Gasteiger charge is -2.20. The predicted molar refractivity (Wildman–Crippen MR) is 100 cm³/mol. The molecule has 0 amide bonds. The van der Waals surface area contributed by atoms with Crippen molar-refractivity contribution < 1.29 is 5.11 Å². The number of aromatic nitrogens is 1. The van der Waals surface area contributed by atoms with Gasteiger partial charge in [-0.2, -0.15) is 0 Å². The van der Waals surface area contributed by atoms with E-state index in [1.807, 2.05) is 42.6 Å². The molecule has 1 aliphatic rings. The van der Waals surface area contributed by atoms with E-state index in [1.165, 1.54) is 6.07 Å². The van der Waals surface area contributed by atoms with Gasteiger partial charge < -0.3 is 15.4 Å². The average Bonchev–Trinajstić information content (AvgIpc) is 3.03. The van der Waals surface area contributed by atoms with E-state index in [0.29, 0.717) is 10.7 Å². The predicted octanol–water partition coefficient (Wildman–Crippen LogP) is 4.33. The number of fused-ring (bicyclic) bond motifs is 2. The molecule has 2 aromatic carbocycles. The zero-order valence-corrected chi connectivity index (χ0v) is 13.9. The normalized spacial score (nSPS) is 17.3. The summed E-state index contributed by atoms with van der Waals surface area (Å²) in [6, 6.07) is 14.6. The summed E-state index contributed by atoms with van der Waals surface area (Å²) >= 11 is 6.40. The molecule has 1 unspecified atom stereocenters. The molecule has 0 aliphatic carbocycles. The van der Waals surface area contributed by atoms with Gasteiger partial charge in [0.1, 0.15) is 12.1 Å². The lowest BCUT2D eigenvalue weighted by Crippen LogP contribution is -2.12. The third-order valence-electron chi connectivity index (χ3n) is 4.30. The standard InChI is InChI=1S/C19H15ClN4O/c20-15-9-11(25)5-6-12(15)17-14-7-8-22-19(14)18(23-10-21)13-3-1-2-4-16(13)24-17/h1-10,17,21-22,24-25H. The molecule has 0 fully saturated rings. The van der Waals surface area contributed by atoms with E-state index in [0.717, 1.165) is 34.4 Å². The third kappa shape index (κ3) is 2.58. The van der Waals surface area contributed by atoms with E-state index in [4.69, 9.17) is 17.0 Å². The Bertz CT molecular complexity index is 993. The number of para-hydroxylation sites is 1. The van der Waals surface area contributed by atoms with Gasteiger partial charge in [-0.15, -0.1) is 0 Å². The van der Waals surface area contributed by atoms with Crippen LogP contribution in [0.5, 0.6) is 5.75 Å². The molecular formula is C19H15ClN4O. The van der Waals surface area contributed by atoms with Crippen molar-refractivity contribution in [3.8, 4) is 5.75 Å². The number of rotatable bonds is 2. The van der Waals surface area contributed by atoms with Crippen molar-refractivity contribution >= 4 is 29.3 Å². The second kappa shape index (κ2) is 6.11. The molecule has 4 rings (SSSR count). The van der Waals surface area contributed by atoms with Crippen LogP contribution in [-0.4, -0.2) is 22.1 Å². The summed E-state index contributed by atoms with van der Waals surface area (Å²) in [4.78, 5) is 7.51. The average molecular weight is 351 g/mol. The van der Waals surface area contributed by atoms with Gasteiger partial charge in [-0.05, 0) is 29.8 Å². The number of anilines is 1. The molecule has 0 saturated heterocycles. The number of phenols is 1. The molecule has 6 heteroatoms. The van der Waals surface area contributed by atoms with E-state index < -0.39 is 0 Å². The number of nitrogens with zero attached hydrogens (tertiary/aromatic N) is 1. The number of hydrogen-bond acceptors (Lipinski definition) is 3. The van der Waals surface area contributed by atoms with Crippen LogP contribution in [0.2, 0.25) is 5.02 Å². The Morgan fingerprint density at radius 2 is 1.96 bits per heavy atom. The van der Waals surface area contributed by atoms with Crippen LogP contribution in [0.25, 0.3) is 0 Å². The number of aromatic hydroxyl groups is 1. The monoisotopic (exact) mass is 350 g/mol. The molecule has 4 N–H and O–H groups in total. The van der Waals surface area contributed by atoms with Gasteiger partial charge in [-0.1, -0.05) is 35.9 Å². The Kier molecular flexibility index (Phi) is 3.78. The minimum atomic E-state index is -0.214. The second-order valence-electron chi connectivity index (χ2n) is 5.74. The number of nitrogens with one attached hydrogen (secondary N) is 3. The molecule has 124 valence electrons. The maximum Gasteiger partial charge on any atom is 0.117 e. The van der Waals surface area contributed by atoms with Gasteiger partial charge in [0.2, 0.25) is 0 Å². The first-order valence-corrected chi connectivity index (χ1v) is 8.15. The quantitative estimate of drug-likeness (QED) is 0.409. The molecule has 25 heavy (non-hydrogen) atoms. The minimum Gasteiger partial charge on any atom is -0.508 e. The number of benzene rings is 2. The Labute approximate surface area is 149 Å². The largest absolute Gasteiger partial charge is 0.508 e. The molecule has 3 aromatic rings. The minimum absolute atomic E-state index is 0.128. The molecule has 0 radical (unpaired) electrons. The summed E-state index contributed by atoms with van der Waals surface area (Å²) in [6.45, 7) is 0. The molecular weight excluding hydrogens is 336 g/mol. The van der Waals surface area contributed by atoms with E-state index in [-0.39, 0.29) is 11.8 Å². The molecule has 1 aromatic heterocycles. The van der Waals surface area contributed by atoms with Crippen LogP contribution in [0.4, 0.5) is 5.69 Å². The van der Waals surface area contributed by atoms with Gasteiger partial charge in [0.15, 0.2) is 0 Å². The summed E-state index contributed by atoms with van der Waals surface area (Å²) in [5.74, 6) is 0.128. The Balaban J connectivity index is 1.97. The first-order chi connectivity index (χ1) is 12.2. The van der Waals surface area contributed by atoms with E-state index >= 15 is 0 Å². The van der Waals surface area contributed by atoms with Crippen molar-refractivity contribution in [2.75, 3.05) is 5.32 Å². The van der Waals surface area contributed by atoms with E-state index in [1.54, 1.807) is 6.07 Å². The lowest BCUT2D eigenvalue weighted by molar-refractivity contribution is 0.475. The zero-order chi connectivity index (χ0) is 17.4. The van der Waals surface area contributed by atoms with Gasteiger partial charge in [0.25, 0.3) is 0 Å². The number of phenolic OH excluding ortho intramolecular Hbond substituents is 1. The van der Waals surface area contributed by atoms with Crippen LogP contribution in [0.3, 0.4) is 0 Å². The third-order valence-corrected chi connectivity index (χ3v) is 4.63. The van der Waals surface area contributed by atoms with Crippen LogP contribution >= 0.6 is 11.6 Å². The van der Waals surface area contributed by atoms with Crippen molar-refractivity contribution in [3.05, 3.63) is 82.1 Å². The number of aromatic amines is 1. The lowest BCUT2D eigenvalue weighted by atomic mass is 9.97. The number of hydrogen-bond donors (Lipinski definition) is 4. The second-order valence-corrected chi connectivity index (χ2v) is 6.15. The summed E-state index contributed by atoms with van der Waals surface area (Å²) in [5, 5.41) is 21.1. The zero-order valence-electron chi connectivity index (χ0n) is 13.1. The first-order valence-electron chi connectivity index (χ1n) is 7.78. The Morgan fingerprint density at radius 3 is 2.76 bits per heavy atom. The number of aliphatic imine (C=N–C) groups is 1. The summed E-state index contributed by atoms with van der Waals surface area (Å²) in [7, 11) is 0. The van der Waals surface area contributed by atoms with Crippen LogP contribution in [0, 0.1) is 5.41 Å². The van der Waals surface area contributed by atoms with Crippen molar-refractivity contribution in [1.82, 2.24) is 4.98 Å². The Hall–Kier alpha value is -3.05. The van der Waals surface area contributed by atoms with Gasteiger partial charge >= 0.3 is 0 Å².